The number of benzene rings is 1. The molecule has 0 aromatic heterocycles. The smallest absolute Gasteiger partial charge is 0.313 e. The molecule has 0 aliphatic heterocycles. The molecule has 0 heterocycles. The van der Waals surface area contributed by atoms with Crippen LogP contribution >= 0.6 is 11.8 Å². The van der Waals surface area contributed by atoms with E-state index < -0.39 is 11.4 Å². The molecular formula is C17H25NO3S. The van der Waals surface area contributed by atoms with Crippen LogP contribution in [0.2, 0.25) is 0 Å². The highest BCUT2D eigenvalue weighted by Gasteiger charge is 2.29. The van der Waals surface area contributed by atoms with Crippen LogP contribution in [0.5, 0.6) is 0 Å². The average Bonchev–Trinajstić information content (AvgIpc) is 2.47. The molecule has 2 N–H and O–H groups in total. The molecule has 0 aliphatic carbocycles. The van der Waals surface area contributed by atoms with Crippen molar-refractivity contribution in [3.8, 4) is 0 Å². The number of unbranched alkanes of at least 4 members (excludes halogenated alkanes) is 1. The summed E-state index contributed by atoms with van der Waals surface area (Å²) >= 11 is 1.65. The van der Waals surface area contributed by atoms with Crippen LogP contribution in [0.4, 0.5) is 5.69 Å². The number of thioether (sulfide) groups is 1. The third kappa shape index (κ3) is 5.05. The van der Waals surface area contributed by atoms with Gasteiger partial charge in [-0.1, -0.05) is 25.5 Å². The van der Waals surface area contributed by atoms with Crippen molar-refractivity contribution in [2.75, 3.05) is 11.1 Å². The molecule has 22 heavy (non-hydrogen) atoms. The van der Waals surface area contributed by atoms with Gasteiger partial charge in [0.25, 0.3) is 0 Å². The molecule has 0 saturated carbocycles. The van der Waals surface area contributed by atoms with Crippen molar-refractivity contribution >= 4 is 29.3 Å². The maximum absolute atomic E-state index is 12.1. The molecule has 0 spiro atoms. The van der Waals surface area contributed by atoms with E-state index in [-0.39, 0.29) is 11.2 Å². The zero-order valence-corrected chi connectivity index (χ0v) is 14.5. The van der Waals surface area contributed by atoms with Gasteiger partial charge in [0.1, 0.15) is 0 Å². The number of amides is 1. The predicted molar refractivity (Wildman–Crippen MR) is 92.6 cm³/mol. The van der Waals surface area contributed by atoms with E-state index in [4.69, 9.17) is 0 Å². The van der Waals surface area contributed by atoms with Gasteiger partial charge in [-0.2, -0.15) is 0 Å². The van der Waals surface area contributed by atoms with Crippen molar-refractivity contribution < 1.29 is 14.7 Å². The van der Waals surface area contributed by atoms with Gasteiger partial charge in [-0.15, -0.1) is 11.8 Å². The Morgan fingerprint density at radius 1 is 1.27 bits per heavy atom. The molecule has 5 heteroatoms. The van der Waals surface area contributed by atoms with Crippen molar-refractivity contribution in [2.24, 2.45) is 0 Å². The van der Waals surface area contributed by atoms with Crippen LogP contribution in [0.25, 0.3) is 0 Å². The molecule has 0 fully saturated rings. The van der Waals surface area contributed by atoms with Gasteiger partial charge in [-0.25, -0.2) is 0 Å². The topological polar surface area (TPSA) is 66.4 Å². The van der Waals surface area contributed by atoms with E-state index in [0.717, 1.165) is 18.6 Å². The number of carboxylic acids is 1. The summed E-state index contributed by atoms with van der Waals surface area (Å²) in [5.41, 5.74) is 0.465. The van der Waals surface area contributed by atoms with Gasteiger partial charge in [0, 0.05) is 5.69 Å². The minimum atomic E-state index is -0.939. The predicted octanol–water partition coefficient (Wildman–Crippen LogP) is 3.91. The van der Waals surface area contributed by atoms with Crippen LogP contribution in [0, 0.1) is 0 Å². The lowest BCUT2D eigenvalue weighted by molar-refractivity contribution is -0.142. The Balaban J connectivity index is 2.64. The fourth-order valence-corrected chi connectivity index (χ4v) is 2.84. The molecule has 1 amide bonds. The molecule has 4 nitrogen and oxygen atoms in total. The monoisotopic (exact) mass is 323 g/mol. The summed E-state index contributed by atoms with van der Waals surface area (Å²) in [5.74, 6) is 0.0909. The first-order valence-corrected chi connectivity index (χ1v) is 8.60. The lowest BCUT2D eigenvalue weighted by Crippen LogP contribution is -2.28. The number of nitrogens with one attached hydrogen (secondary N) is 1. The summed E-state index contributed by atoms with van der Waals surface area (Å²) in [4.78, 5) is 23.3. The summed E-state index contributed by atoms with van der Waals surface area (Å²) in [6, 6.07) is 7.00. The van der Waals surface area contributed by atoms with Crippen LogP contribution in [0.1, 0.15) is 46.1 Å². The van der Waals surface area contributed by atoms with Crippen LogP contribution in [0.15, 0.2) is 24.3 Å². The molecule has 1 aromatic carbocycles. The number of anilines is 1. The number of rotatable bonds is 8. The standard InChI is InChI=1S/C17H25NO3S/c1-5-6-11-22-12(2)15(19)18-14-9-7-13(8-10-14)17(3,4)16(20)21/h7-10,12H,5-6,11H2,1-4H3,(H,18,19)(H,20,21). The van der Waals surface area contributed by atoms with E-state index in [1.807, 2.05) is 6.92 Å². The van der Waals surface area contributed by atoms with Gasteiger partial charge >= 0.3 is 5.97 Å². The van der Waals surface area contributed by atoms with E-state index in [2.05, 4.69) is 12.2 Å². The van der Waals surface area contributed by atoms with Crippen molar-refractivity contribution in [3.63, 3.8) is 0 Å². The Morgan fingerprint density at radius 3 is 2.36 bits per heavy atom. The first-order chi connectivity index (χ1) is 10.3. The molecule has 1 rings (SSSR count). The van der Waals surface area contributed by atoms with Gasteiger partial charge in [-0.05, 0) is 50.6 Å². The zero-order chi connectivity index (χ0) is 16.8. The Labute approximate surface area is 136 Å². The summed E-state index contributed by atoms with van der Waals surface area (Å²) < 4.78 is 0. The SMILES string of the molecule is CCCCSC(C)C(=O)Nc1ccc(C(C)(C)C(=O)O)cc1. The molecule has 1 atom stereocenters. The van der Waals surface area contributed by atoms with Gasteiger partial charge < -0.3 is 10.4 Å². The molecule has 0 radical (unpaired) electrons. The van der Waals surface area contributed by atoms with E-state index in [0.29, 0.717) is 11.3 Å². The highest BCUT2D eigenvalue weighted by molar-refractivity contribution is 8.00. The van der Waals surface area contributed by atoms with E-state index >= 15 is 0 Å². The Kier molecular flexibility index (Phi) is 6.94. The lowest BCUT2D eigenvalue weighted by atomic mass is 9.85. The summed E-state index contributed by atoms with van der Waals surface area (Å²) in [5, 5.41) is 12.0. The molecule has 0 saturated heterocycles. The molecule has 1 aromatic rings. The van der Waals surface area contributed by atoms with Crippen LogP contribution in [0.3, 0.4) is 0 Å². The quantitative estimate of drug-likeness (QED) is 0.712. The highest BCUT2D eigenvalue weighted by Crippen LogP contribution is 2.25. The lowest BCUT2D eigenvalue weighted by Gasteiger charge is -2.20. The second-order valence-electron chi connectivity index (χ2n) is 5.86. The molecule has 0 bridgehead atoms. The Morgan fingerprint density at radius 2 is 1.86 bits per heavy atom. The van der Waals surface area contributed by atoms with Crippen molar-refractivity contribution in [1.82, 2.24) is 0 Å². The van der Waals surface area contributed by atoms with Crippen molar-refractivity contribution in [2.45, 2.75) is 51.2 Å². The van der Waals surface area contributed by atoms with Crippen LogP contribution in [-0.4, -0.2) is 28.0 Å². The number of hydrogen-bond acceptors (Lipinski definition) is 3. The van der Waals surface area contributed by atoms with Gasteiger partial charge in [0.2, 0.25) is 5.91 Å². The van der Waals surface area contributed by atoms with Crippen molar-refractivity contribution in [1.29, 1.82) is 0 Å². The first kappa shape index (κ1) is 18.6. The molecule has 0 aliphatic rings. The number of hydrogen-bond donors (Lipinski definition) is 2. The van der Waals surface area contributed by atoms with E-state index in [9.17, 15) is 14.7 Å². The van der Waals surface area contributed by atoms with E-state index in [1.54, 1.807) is 49.9 Å². The summed E-state index contributed by atoms with van der Waals surface area (Å²) in [6.45, 7) is 7.35. The number of carboxylic acid groups (broad SMARTS) is 1. The third-order valence-electron chi connectivity index (χ3n) is 3.64. The molecule has 1 unspecified atom stereocenters. The maximum Gasteiger partial charge on any atom is 0.313 e. The third-order valence-corrected chi connectivity index (χ3v) is 4.88. The molecular weight excluding hydrogens is 298 g/mol. The fourth-order valence-electron chi connectivity index (χ4n) is 1.82. The number of carbonyl (C=O) groups is 2. The van der Waals surface area contributed by atoms with Gasteiger partial charge in [0.05, 0.1) is 10.7 Å². The maximum atomic E-state index is 12.1. The van der Waals surface area contributed by atoms with Gasteiger partial charge in [0.15, 0.2) is 0 Å². The minimum absolute atomic E-state index is 0.0219. The average molecular weight is 323 g/mol. The largest absolute Gasteiger partial charge is 0.481 e. The summed E-state index contributed by atoms with van der Waals surface area (Å²) in [7, 11) is 0. The first-order valence-electron chi connectivity index (χ1n) is 7.55. The zero-order valence-electron chi connectivity index (χ0n) is 13.7. The Bertz CT molecular complexity index is 511. The summed E-state index contributed by atoms with van der Waals surface area (Å²) in [6.07, 6.45) is 2.24. The number of carbonyl (C=O) groups excluding carboxylic acids is 1. The minimum Gasteiger partial charge on any atom is -0.481 e. The normalized spacial score (nSPS) is 12.7. The molecule has 122 valence electrons. The highest BCUT2D eigenvalue weighted by atomic mass is 32.2. The number of aliphatic carboxylic acids is 1. The van der Waals surface area contributed by atoms with Gasteiger partial charge in [-0.3, -0.25) is 9.59 Å². The second-order valence-corrected chi connectivity index (χ2v) is 7.31. The fraction of sp³-hybridized carbons (Fsp3) is 0.529. The van der Waals surface area contributed by atoms with Crippen molar-refractivity contribution in [3.05, 3.63) is 29.8 Å². The Hall–Kier alpha value is -1.49. The van der Waals surface area contributed by atoms with Crippen LogP contribution in [-0.2, 0) is 15.0 Å². The van der Waals surface area contributed by atoms with E-state index in [1.165, 1.54) is 0 Å². The van der Waals surface area contributed by atoms with Crippen LogP contribution < -0.4 is 5.32 Å². The second kappa shape index (κ2) is 8.22.